The summed E-state index contributed by atoms with van der Waals surface area (Å²) in [6, 6.07) is 7.34. The Bertz CT molecular complexity index is 377. The van der Waals surface area contributed by atoms with Gasteiger partial charge in [-0.05, 0) is 62.5 Å². The van der Waals surface area contributed by atoms with Gasteiger partial charge in [0.1, 0.15) is 5.82 Å². The summed E-state index contributed by atoms with van der Waals surface area (Å²) in [5.41, 5.74) is 7.20. The van der Waals surface area contributed by atoms with Gasteiger partial charge >= 0.3 is 0 Å². The molecule has 2 atom stereocenters. The van der Waals surface area contributed by atoms with Crippen molar-refractivity contribution in [2.75, 3.05) is 19.6 Å². The summed E-state index contributed by atoms with van der Waals surface area (Å²) in [5.74, 6) is 0.322. The molecule has 2 rings (SSSR count). The summed E-state index contributed by atoms with van der Waals surface area (Å²) in [4.78, 5) is 2.54. The number of halogens is 1. The van der Waals surface area contributed by atoms with Gasteiger partial charge in [-0.1, -0.05) is 25.5 Å². The molecular formula is C16H25FN2. The van der Waals surface area contributed by atoms with Crippen LogP contribution >= 0.6 is 0 Å². The summed E-state index contributed by atoms with van der Waals surface area (Å²) < 4.78 is 13.1. The fraction of sp³-hybridized carbons (Fsp3) is 0.625. The molecule has 2 unspecified atom stereocenters. The highest BCUT2D eigenvalue weighted by atomic mass is 19.1. The minimum absolute atomic E-state index is 0.163. The van der Waals surface area contributed by atoms with Crippen molar-refractivity contribution >= 4 is 0 Å². The van der Waals surface area contributed by atoms with Crippen molar-refractivity contribution in [1.82, 2.24) is 4.90 Å². The Kier molecular flexibility index (Phi) is 5.34. The van der Waals surface area contributed by atoms with Gasteiger partial charge in [-0.25, -0.2) is 4.39 Å². The average molecular weight is 264 g/mol. The van der Waals surface area contributed by atoms with E-state index < -0.39 is 0 Å². The predicted molar refractivity (Wildman–Crippen MR) is 77.4 cm³/mol. The lowest BCUT2D eigenvalue weighted by atomic mass is 9.89. The molecule has 106 valence electrons. The second-order valence-electron chi connectivity index (χ2n) is 5.52. The van der Waals surface area contributed by atoms with E-state index in [9.17, 15) is 4.39 Å². The molecule has 19 heavy (non-hydrogen) atoms. The van der Waals surface area contributed by atoms with E-state index in [1.54, 1.807) is 12.1 Å². The first-order valence-corrected chi connectivity index (χ1v) is 7.45. The van der Waals surface area contributed by atoms with E-state index in [2.05, 4.69) is 11.8 Å². The van der Waals surface area contributed by atoms with Crippen LogP contribution in [0.1, 0.15) is 44.2 Å². The lowest BCUT2D eigenvalue weighted by molar-refractivity contribution is 0.158. The Hall–Kier alpha value is -0.930. The fourth-order valence-electron chi connectivity index (χ4n) is 3.24. The second-order valence-corrected chi connectivity index (χ2v) is 5.52. The smallest absolute Gasteiger partial charge is 0.123 e. The van der Waals surface area contributed by atoms with Crippen LogP contribution in [0.4, 0.5) is 4.39 Å². The Balaban J connectivity index is 2.28. The van der Waals surface area contributed by atoms with Crippen molar-refractivity contribution in [1.29, 1.82) is 0 Å². The number of benzene rings is 1. The number of nitrogens with two attached hydrogens (primary N) is 1. The van der Waals surface area contributed by atoms with Crippen molar-refractivity contribution in [3.63, 3.8) is 0 Å². The van der Waals surface area contributed by atoms with E-state index in [1.165, 1.54) is 24.8 Å². The van der Waals surface area contributed by atoms with Gasteiger partial charge in [-0.2, -0.15) is 0 Å². The molecule has 1 aromatic rings. The minimum Gasteiger partial charge on any atom is -0.330 e. The number of nitrogens with zero attached hydrogens (tertiary/aromatic N) is 1. The normalized spacial score (nSPS) is 25.2. The van der Waals surface area contributed by atoms with E-state index >= 15 is 0 Å². The Morgan fingerprint density at radius 3 is 2.63 bits per heavy atom. The van der Waals surface area contributed by atoms with E-state index in [0.717, 1.165) is 19.5 Å². The summed E-state index contributed by atoms with van der Waals surface area (Å²) in [5, 5.41) is 0. The number of hydrogen-bond donors (Lipinski definition) is 1. The van der Waals surface area contributed by atoms with Gasteiger partial charge in [-0.15, -0.1) is 0 Å². The molecule has 1 fully saturated rings. The molecular weight excluding hydrogens is 239 g/mol. The van der Waals surface area contributed by atoms with Gasteiger partial charge in [0.15, 0.2) is 0 Å². The molecule has 0 bridgehead atoms. The maximum atomic E-state index is 13.1. The Labute approximate surface area is 115 Å². The van der Waals surface area contributed by atoms with Crippen LogP contribution in [-0.2, 0) is 0 Å². The zero-order valence-electron chi connectivity index (χ0n) is 11.8. The first-order chi connectivity index (χ1) is 9.26. The quantitative estimate of drug-likeness (QED) is 0.903. The largest absolute Gasteiger partial charge is 0.330 e. The van der Waals surface area contributed by atoms with Gasteiger partial charge in [-0.3, -0.25) is 4.90 Å². The molecule has 1 heterocycles. The summed E-state index contributed by atoms with van der Waals surface area (Å²) in [6.45, 7) is 5.15. The first-order valence-electron chi connectivity index (χ1n) is 7.45. The maximum absolute atomic E-state index is 13.1. The predicted octanol–water partition coefficient (Wildman–Crippen LogP) is 3.34. The molecule has 2 N–H and O–H groups in total. The lowest BCUT2D eigenvalue weighted by Crippen LogP contribution is -2.36. The molecule has 0 aromatic heterocycles. The van der Waals surface area contributed by atoms with E-state index in [1.807, 2.05) is 12.1 Å². The molecule has 1 aliphatic rings. The molecule has 0 aliphatic carbocycles. The monoisotopic (exact) mass is 264 g/mol. The third-order valence-electron chi connectivity index (χ3n) is 4.14. The molecule has 0 saturated carbocycles. The Morgan fingerprint density at radius 1 is 1.26 bits per heavy atom. The molecule has 0 radical (unpaired) electrons. The molecule has 1 aromatic carbocycles. The number of rotatable bonds is 4. The van der Waals surface area contributed by atoms with Crippen molar-refractivity contribution in [3.05, 3.63) is 35.6 Å². The minimum atomic E-state index is -0.163. The third kappa shape index (κ3) is 3.54. The van der Waals surface area contributed by atoms with Crippen LogP contribution in [-0.4, -0.2) is 24.5 Å². The average Bonchev–Trinajstić information content (AvgIpc) is 2.62. The highest BCUT2D eigenvalue weighted by molar-refractivity contribution is 5.21. The van der Waals surface area contributed by atoms with Crippen LogP contribution in [0, 0.1) is 11.7 Å². The fourth-order valence-corrected chi connectivity index (χ4v) is 3.24. The Morgan fingerprint density at radius 2 is 2.00 bits per heavy atom. The maximum Gasteiger partial charge on any atom is 0.123 e. The zero-order chi connectivity index (χ0) is 13.7. The molecule has 0 spiro atoms. The second kappa shape index (κ2) is 7.01. The molecule has 0 amide bonds. The van der Waals surface area contributed by atoms with Gasteiger partial charge in [0.05, 0.1) is 0 Å². The highest BCUT2D eigenvalue weighted by Crippen LogP contribution is 2.34. The SMILES string of the molecule is CCCN1CCCCC(CN)C1c1ccc(F)cc1. The first kappa shape index (κ1) is 14.5. The summed E-state index contributed by atoms with van der Waals surface area (Å²) in [6.07, 6.45) is 4.82. The highest BCUT2D eigenvalue weighted by Gasteiger charge is 2.29. The summed E-state index contributed by atoms with van der Waals surface area (Å²) in [7, 11) is 0. The molecule has 1 aliphatic heterocycles. The van der Waals surface area contributed by atoms with E-state index in [4.69, 9.17) is 5.73 Å². The van der Waals surface area contributed by atoms with Crippen LogP contribution in [0.15, 0.2) is 24.3 Å². The van der Waals surface area contributed by atoms with Crippen molar-refractivity contribution in [2.24, 2.45) is 11.7 Å². The summed E-state index contributed by atoms with van der Waals surface area (Å²) >= 11 is 0. The van der Waals surface area contributed by atoms with Gasteiger partial charge < -0.3 is 5.73 Å². The van der Waals surface area contributed by atoms with E-state index in [0.29, 0.717) is 18.5 Å². The van der Waals surface area contributed by atoms with Crippen molar-refractivity contribution < 1.29 is 4.39 Å². The van der Waals surface area contributed by atoms with Crippen LogP contribution in [0.2, 0.25) is 0 Å². The van der Waals surface area contributed by atoms with Crippen LogP contribution < -0.4 is 5.73 Å². The van der Waals surface area contributed by atoms with E-state index in [-0.39, 0.29) is 5.82 Å². The molecule has 3 heteroatoms. The zero-order valence-corrected chi connectivity index (χ0v) is 11.8. The third-order valence-corrected chi connectivity index (χ3v) is 4.14. The van der Waals surface area contributed by atoms with Crippen molar-refractivity contribution in [2.45, 2.75) is 38.6 Å². The topological polar surface area (TPSA) is 29.3 Å². The van der Waals surface area contributed by atoms with Crippen molar-refractivity contribution in [3.8, 4) is 0 Å². The molecule has 1 saturated heterocycles. The van der Waals surface area contributed by atoms with Gasteiger partial charge in [0.25, 0.3) is 0 Å². The van der Waals surface area contributed by atoms with Crippen LogP contribution in [0.25, 0.3) is 0 Å². The standard InChI is InChI=1S/C16H25FN2/c1-2-10-19-11-4-3-5-14(12-18)16(19)13-6-8-15(17)9-7-13/h6-9,14,16H,2-5,10-12,18H2,1H3. The van der Waals surface area contributed by atoms with Crippen LogP contribution in [0.5, 0.6) is 0 Å². The van der Waals surface area contributed by atoms with Gasteiger partial charge in [0, 0.05) is 6.04 Å². The number of hydrogen-bond acceptors (Lipinski definition) is 2. The van der Waals surface area contributed by atoms with Gasteiger partial charge in [0.2, 0.25) is 0 Å². The molecule has 2 nitrogen and oxygen atoms in total. The lowest BCUT2D eigenvalue weighted by Gasteiger charge is -2.35. The van der Waals surface area contributed by atoms with Crippen LogP contribution in [0.3, 0.4) is 0 Å². The number of likely N-dealkylation sites (tertiary alicyclic amines) is 1.